The van der Waals surface area contributed by atoms with E-state index < -0.39 is 6.36 Å². The molecule has 168 valence electrons. The van der Waals surface area contributed by atoms with Crippen molar-refractivity contribution in [2.45, 2.75) is 12.4 Å². The Balaban J connectivity index is 1.87. The van der Waals surface area contributed by atoms with E-state index in [-0.39, 0.29) is 30.0 Å². The van der Waals surface area contributed by atoms with E-state index in [0.717, 1.165) is 17.7 Å². The van der Waals surface area contributed by atoms with Crippen LogP contribution in [0.5, 0.6) is 5.75 Å². The Hall–Kier alpha value is -3.33. The summed E-state index contributed by atoms with van der Waals surface area (Å²) < 4.78 is 40.8. The predicted octanol–water partition coefficient (Wildman–Crippen LogP) is 2.97. The van der Waals surface area contributed by atoms with Crippen LogP contribution in [0.25, 0.3) is 0 Å². The molecule has 1 unspecified atom stereocenters. The standard InChI is InChI=1S/C20H18ClF3N6O2/c21-14-3-1-13(2-4-14)18-17(26-9-10-31)11-30(29-18)19(27-12-25)28-15-5-7-16(8-6-15)32-20(22,23)24/h1-8,17,26,31H,9-11H2,(H,27,28). The summed E-state index contributed by atoms with van der Waals surface area (Å²) in [6.07, 6.45) is -3.01. The first-order valence-electron chi connectivity index (χ1n) is 9.35. The Bertz CT molecular complexity index is 1020. The summed E-state index contributed by atoms with van der Waals surface area (Å²) >= 11 is 5.96. The van der Waals surface area contributed by atoms with Crippen LogP contribution in [0.1, 0.15) is 5.56 Å². The number of halogens is 4. The van der Waals surface area contributed by atoms with Gasteiger partial charge in [-0.1, -0.05) is 23.7 Å². The fourth-order valence-corrected chi connectivity index (χ4v) is 3.08. The van der Waals surface area contributed by atoms with Crippen molar-refractivity contribution in [3.05, 3.63) is 59.1 Å². The molecule has 0 amide bonds. The molecule has 0 saturated heterocycles. The van der Waals surface area contributed by atoms with Crippen molar-refractivity contribution in [3.63, 3.8) is 0 Å². The molecule has 32 heavy (non-hydrogen) atoms. The molecule has 3 N–H and O–H groups in total. The van der Waals surface area contributed by atoms with Gasteiger partial charge in [0.25, 0.3) is 0 Å². The molecular formula is C20H18ClF3N6O2. The second-order valence-electron chi connectivity index (χ2n) is 6.52. The molecular weight excluding hydrogens is 449 g/mol. The van der Waals surface area contributed by atoms with Gasteiger partial charge in [-0.25, -0.2) is 10.0 Å². The molecule has 1 aliphatic heterocycles. The van der Waals surface area contributed by atoms with Gasteiger partial charge in [0.2, 0.25) is 5.96 Å². The highest BCUT2D eigenvalue weighted by atomic mass is 35.5. The van der Waals surface area contributed by atoms with Crippen molar-refractivity contribution >= 4 is 29.0 Å². The Morgan fingerprint density at radius 2 is 1.94 bits per heavy atom. The summed E-state index contributed by atoms with van der Waals surface area (Å²) in [5.41, 5.74) is 1.72. The van der Waals surface area contributed by atoms with E-state index in [0.29, 0.717) is 23.8 Å². The van der Waals surface area contributed by atoms with Crippen molar-refractivity contribution in [2.75, 3.05) is 19.7 Å². The third-order valence-corrected chi connectivity index (χ3v) is 4.53. The average Bonchev–Trinajstić information content (AvgIpc) is 3.17. The first kappa shape index (κ1) is 23.3. The number of aliphatic imine (C=N–C) groups is 1. The van der Waals surface area contributed by atoms with Crippen LogP contribution in [0.2, 0.25) is 5.02 Å². The van der Waals surface area contributed by atoms with Gasteiger partial charge >= 0.3 is 6.36 Å². The second-order valence-corrected chi connectivity index (χ2v) is 6.95. The number of guanidine groups is 1. The minimum absolute atomic E-state index is 0.0753. The number of benzene rings is 2. The van der Waals surface area contributed by atoms with Gasteiger partial charge in [0, 0.05) is 11.6 Å². The van der Waals surface area contributed by atoms with Gasteiger partial charge in [-0.2, -0.15) is 10.4 Å². The Morgan fingerprint density at radius 3 is 2.53 bits per heavy atom. The number of alkyl halides is 3. The molecule has 2 aromatic carbocycles. The summed E-state index contributed by atoms with van der Waals surface area (Å²) in [7, 11) is 0. The zero-order chi connectivity index (χ0) is 23.1. The zero-order valence-corrected chi connectivity index (χ0v) is 17.2. The molecule has 0 spiro atoms. The molecule has 3 rings (SSSR count). The van der Waals surface area contributed by atoms with Crippen LogP contribution in [0.15, 0.2) is 58.6 Å². The van der Waals surface area contributed by atoms with Gasteiger partial charge in [-0.05, 0) is 42.0 Å². The van der Waals surface area contributed by atoms with Gasteiger partial charge in [0.15, 0.2) is 6.19 Å². The minimum atomic E-state index is -4.79. The third kappa shape index (κ3) is 6.34. The number of aliphatic hydroxyl groups excluding tert-OH is 1. The fourth-order valence-electron chi connectivity index (χ4n) is 2.96. The lowest BCUT2D eigenvalue weighted by Crippen LogP contribution is -2.43. The highest BCUT2D eigenvalue weighted by molar-refractivity contribution is 6.30. The number of hydrogen-bond donors (Lipinski definition) is 3. The van der Waals surface area contributed by atoms with E-state index in [9.17, 15) is 18.3 Å². The van der Waals surface area contributed by atoms with E-state index in [2.05, 4.69) is 25.5 Å². The highest BCUT2D eigenvalue weighted by Gasteiger charge is 2.31. The molecule has 0 aromatic heterocycles. The summed E-state index contributed by atoms with van der Waals surface area (Å²) in [4.78, 5) is 4.29. The van der Waals surface area contributed by atoms with Crippen LogP contribution in [-0.2, 0) is 0 Å². The summed E-state index contributed by atoms with van der Waals surface area (Å²) in [6.45, 7) is 0.540. The normalized spacial score (nSPS) is 16.5. The first-order chi connectivity index (χ1) is 15.3. The Kier molecular flexibility index (Phi) is 7.53. The molecule has 1 heterocycles. The molecule has 0 fully saturated rings. The lowest BCUT2D eigenvalue weighted by atomic mass is 10.0. The van der Waals surface area contributed by atoms with Crippen molar-refractivity contribution in [3.8, 4) is 11.9 Å². The van der Waals surface area contributed by atoms with Gasteiger partial charge in [-0.3, -0.25) is 5.32 Å². The van der Waals surface area contributed by atoms with Gasteiger partial charge in [-0.15, -0.1) is 13.2 Å². The predicted molar refractivity (Wildman–Crippen MR) is 113 cm³/mol. The third-order valence-electron chi connectivity index (χ3n) is 4.27. The van der Waals surface area contributed by atoms with Crippen molar-refractivity contribution in [1.82, 2.24) is 15.6 Å². The number of nitriles is 1. The number of aliphatic hydroxyl groups is 1. The molecule has 0 bridgehead atoms. The van der Waals surface area contributed by atoms with Gasteiger partial charge in [0.1, 0.15) is 5.75 Å². The smallest absolute Gasteiger partial charge is 0.406 e. The highest BCUT2D eigenvalue weighted by Crippen LogP contribution is 2.25. The number of ether oxygens (including phenoxy) is 1. The maximum atomic E-state index is 12.3. The van der Waals surface area contributed by atoms with Crippen LogP contribution >= 0.6 is 11.6 Å². The molecule has 12 heteroatoms. The summed E-state index contributed by atoms with van der Waals surface area (Å²) in [5, 5.41) is 30.5. The lowest BCUT2D eigenvalue weighted by Gasteiger charge is -2.17. The van der Waals surface area contributed by atoms with E-state index >= 15 is 0 Å². The molecule has 2 aromatic rings. The molecule has 0 radical (unpaired) electrons. The van der Waals surface area contributed by atoms with Gasteiger partial charge in [0.05, 0.1) is 30.6 Å². The number of hydrazone groups is 1. The number of hydrogen-bond acceptors (Lipinski definition) is 6. The topological polar surface area (TPSA) is 105 Å². The Labute approximate surface area is 186 Å². The molecule has 0 saturated carbocycles. The van der Waals surface area contributed by atoms with E-state index in [1.54, 1.807) is 30.5 Å². The number of rotatable bonds is 6. The lowest BCUT2D eigenvalue weighted by molar-refractivity contribution is -0.274. The van der Waals surface area contributed by atoms with E-state index in [1.807, 2.05) is 0 Å². The second kappa shape index (κ2) is 10.3. The molecule has 1 aliphatic rings. The largest absolute Gasteiger partial charge is 0.573 e. The number of nitrogens with one attached hydrogen (secondary N) is 2. The van der Waals surface area contributed by atoms with E-state index in [4.69, 9.17) is 16.9 Å². The molecule has 0 aliphatic carbocycles. The Morgan fingerprint density at radius 1 is 1.25 bits per heavy atom. The maximum Gasteiger partial charge on any atom is 0.573 e. The van der Waals surface area contributed by atoms with Crippen molar-refractivity contribution in [2.24, 2.45) is 10.1 Å². The van der Waals surface area contributed by atoms with E-state index in [1.165, 1.54) is 17.1 Å². The van der Waals surface area contributed by atoms with Gasteiger partial charge < -0.3 is 15.2 Å². The van der Waals surface area contributed by atoms with Crippen molar-refractivity contribution in [1.29, 1.82) is 5.26 Å². The van der Waals surface area contributed by atoms with Crippen LogP contribution in [-0.4, -0.2) is 53.9 Å². The first-order valence-corrected chi connectivity index (χ1v) is 9.72. The summed E-state index contributed by atoms with van der Waals surface area (Å²) in [5.74, 6) is -0.305. The monoisotopic (exact) mass is 466 g/mol. The quantitative estimate of drug-likeness (QED) is 0.262. The van der Waals surface area contributed by atoms with Crippen LogP contribution in [0.3, 0.4) is 0 Å². The molecule has 1 atom stereocenters. The fraction of sp³-hybridized carbons (Fsp3) is 0.250. The van der Waals surface area contributed by atoms with Crippen LogP contribution in [0, 0.1) is 11.5 Å². The zero-order valence-electron chi connectivity index (χ0n) is 16.5. The van der Waals surface area contributed by atoms with Crippen molar-refractivity contribution < 1.29 is 23.0 Å². The average molecular weight is 467 g/mol. The van der Waals surface area contributed by atoms with Crippen LogP contribution in [0.4, 0.5) is 18.9 Å². The number of nitrogens with zero attached hydrogens (tertiary/aromatic N) is 4. The SMILES string of the molecule is N#CNC(=Nc1ccc(OC(F)(F)F)cc1)N1CC(NCCO)C(c2ccc(Cl)cc2)=N1. The summed E-state index contributed by atoms with van der Waals surface area (Å²) in [6, 6.07) is 11.6. The molecule has 8 nitrogen and oxygen atoms in total. The maximum absolute atomic E-state index is 12.3. The minimum Gasteiger partial charge on any atom is -0.406 e. The van der Waals surface area contributed by atoms with Crippen LogP contribution < -0.4 is 15.4 Å².